The molecule has 20 heavy (non-hydrogen) atoms. The van der Waals surface area contributed by atoms with E-state index in [0.29, 0.717) is 18.7 Å². The van der Waals surface area contributed by atoms with Crippen LogP contribution in [-0.4, -0.2) is 34.7 Å². The van der Waals surface area contributed by atoms with Gasteiger partial charge >= 0.3 is 11.9 Å². The summed E-state index contributed by atoms with van der Waals surface area (Å²) in [6, 6.07) is 3.68. The van der Waals surface area contributed by atoms with Crippen LogP contribution in [0.2, 0.25) is 0 Å². The standard InChI is InChI=1S/C14H20N2O4/c1-3-5-12(14(19)20)16(4-2)11-7-6-9(13(17)18)8-10(11)15/h6-8,12H,3-5,15H2,1-2H3,(H,17,18)(H,19,20). The molecule has 0 spiro atoms. The molecular weight excluding hydrogens is 260 g/mol. The summed E-state index contributed by atoms with van der Waals surface area (Å²) in [5, 5.41) is 18.2. The number of nitrogens with two attached hydrogens (primary N) is 1. The van der Waals surface area contributed by atoms with Gasteiger partial charge in [0.2, 0.25) is 0 Å². The normalized spacial score (nSPS) is 11.9. The molecular formula is C14H20N2O4. The van der Waals surface area contributed by atoms with Crippen molar-refractivity contribution in [3.63, 3.8) is 0 Å². The Hall–Kier alpha value is -2.24. The van der Waals surface area contributed by atoms with E-state index in [1.54, 1.807) is 11.0 Å². The van der Waals surface area contributed by atoms with E-state index in [4.69, 9.17) is 10.8 Å². The molecule has 6 nitrogen and oxygen atoms in total. The molecule has 0 aliphatic rings. The van der Waals surface area contributed by atoms with Crippen LogP contribution in [0.4, 0.5) is 11.4 Å². The number of carboxylic acids is 2. The lowest BCUT2D eigenvalue weighted by atomic mass is 10.1. The predicted octanol–water partition coefficient (Wildman–Crippen LogP) is 2.05. The second-order valence-electron chi connectivity index (χ2n) is 4.51. The van der Waals surface area contributed by atoms with Gasteiger partial charge in [0, 0.05) is 6.54 Å². The lowest BCUT2D eigenvalue weighted by Crippen LogP contribution is -2.41. The summed E-state index contributed by atoms with van der Waals surface area (Å²) in [5.41, 5.74) is 6.79. The first-order valence-corrected chi connectivity index (χ1v) is 6.54. The fourth-order valence-electron chi connectivity index (χ4n) is 2.19. The summed E-state index contributed by atoms with van der Waals surface area (Å²) in [4.78, 5) is 23.9. The predicted molar refractivity (Wildman–Crippen MR) is 77.2 cm³/mol. The van der Waals surface area contributed by atoms with Gasteiger partial charge in [-0.2, -0.15) is 0 Å². The fraction of sp³-hybridized carbons (Fsp3) is 0.429. The van der Waals surface area contributed by atoms with E-state index in [0.717, 1.165) is 6.42 Å². The van der Waals surface area contributed by atoms with E-state index in [9.17, 15) is 14.7 Å². The molecule has 0 saturated carbocycles. The molecule has 1 rings (SSSR count). The number of hydrogen-bond acceptors (Lipinski definition) is 4. The van der Waals surface area contributed by atoms with E-state index in [1.807, 2.05) is 13.8 Å². The molecule has 6 heteroatoms. The summed E-state index contributed by atoms with van der Waals surface area (Å²) in [6.45, 7) is 4.24. The summed E-state index contributed by atoms with van der Waals surface area (Å²) in [7, 11) is 0. The average molecular weight is 280 g/mol. The van der Waals surface area contributed by atoms with Gasteiger partial charge < -0.3 is 20.8 Å². The Kier molecular flexibility index (Phi) is 5.37. The van der Waals surface area contributed by atoms with Crippen molar-refractivity contribution in [3.05, 3.63) is 23.8 Å². The van der Waals surface area contributed by atoms with E-state index < -0.39 is 18.0 Å². The van der Waals surface area contributed by atoms with Crippen molar-refractivity contribution in [1.29, 1.82) is 0 Å². The highest BCUT2D eigenvalue weighted by Gasteiger charge is 2.25. The minimum Gasteiger partial charge on any atom is -0.480 e. The molecule has 4 N–H and O–H groups in total. The third kappa shape index (κ3) is 3.40. The number of carboxylic acid groups (broad SMARTS) is 2. The Bertz CT molecular complexity index is 502. The monoisotopic (exact) mass is 280 g/mol. The number of nitrogen functional groups attached to an aromatic ring is 1. The highest BCUT2D eigenvalue weighted by Crippen LogP contribution is 2.27. The van der Waals surface area contributed by atoms with Crippen LogP contribution in [0.1, 0.15) is 37.0 Å². The molecule has 1 atom stereocenters. The largest absolute Gasteiger partial charge is 0.480 e. The summed E-state index contributed by atoms with van der Waals surface area (Å²) in [6.07, 6.45) is 1.24. The van der Waals surface area contributed by atoms with Gasteiger partial charge in [0.1, 0.15) is 6.04 Å². The zero-order chi connectivity index (χ0) is 15.3. The van der Waals surface area contributed by atoms with Crippen LogP contribution in [0.25, 0.3) is 0 Å². The van der Waals surface area contributed by atoms with Crippen molar-refractivity contribution in [2.45, 2.75) is 32.7 Å². The van der Waals surface area contributed by atoms with Crippen molar-refractivity contribution in [2.24, 2.45) is 0 Å². The molecule has 0 heterocycles. The van der Waals surface area contributed by atoms with Gasteiger partial charge in [-0.25, -0.2) is 9.59 Å². The maximum absolute atomic E-state index is 11.4. The van der Waals surface area contributed by atoms with Crippen LogP contribution in [0, 0.1) is 0 Å². The lowest BCUT2D eigenvalue weighted by molar-refractivity contribution is -0.138. The van der Waals surface area contributed by atoms with E-state index in [-0.39, 0.29) is 11.3 Å². The van der Waals surface area contributed by atoms with Gasteiger partial charge in [-0.05, 0) is 31.5 Å². The SMILES string of the molecule is CCCC(C(=O)O)N(CC)c1ccc(C(=O)O)cc1N. The molecule has 0 fully saturated rings. The molecule has 0 saturated heterocycles. The van der Waals surface area contributed by atoms with Gasteiger partial charge in [0.25, 0.3) is 0 Å². The van der Waals surface area contributed by atoms with E-state index >= 15 is 0 Å². The number of carbonyl (C=O) groups is 2. The summed E-state index contributed by atoms with van der Waals surface area (Å²) >= 11 is 0. The van der Waals surface area contributed by atoms with Crippen molar-refractivity contribution >= 4 is 23.3 Å². The van der Waals surface area contributed by atoms with Crippen LogP contribution in [0.5, 0.6) is 0 Å². The molecule has 110 valence electrons. The van der Waals surface area contributed by atoms with Gasteiger partial charge in [-0.1, -0.05) is 13.3 Å². The van der Waals surface area contributed by atoms with Crippen LogP contribution in [0.3, 0.4) is 0 Å². The first-order chi connectivity index (χ1) is 9.42. The molecule has 0 aliphatic heterocycles. The Morgan fingerprint density at radius 2 is 1.95 bits per heavy atom. The van der Waals surface area contributed by atoms with Gasteiger partial charge in [-0.3, -0.25) is 0 Å². The topological polar surface area (TPSA) is 104 Å². The third-order valence-electron chi connectivity index (χ3n) is 3.15. The number of anilines is 2. The Labute approximate surface area is 117 Å². The third-order valence-corrected chi connectivity index (χ3v) is 3.15. The number of rotatable bonds is 7. The number of hydrogen-bond donors (Lipinski definition) is 3. The van der Waals surface area contributed by atoms with Crippen molar-refractivity contribution < 1.29 is 19.8 Å². The molecule has 0 bridgehead atoms. The van der Waals surface area contributed by atoms with Crippen LogP contribution >= 0.6 is 0 Å². The van der Waals surface area contributed by atoms with Crippen LogP contribution in [0.15, 0.2) is 18.2 Å². The molecule has 0 amide bonds. The summed E-state index contributed by atoms with van der Waals surface area (Å²) < 4.78 is 0. The Balaban J connectivity index is 3.17. The van der Waals surface area contributed by atoms with E-state index in [1.165, 1.54) is 12.1 Å². The highest BCUT2D eigenvalue weighted by molar-refractivity contribution is 5.91. The fourth-order valence-corrected chi connectivity index (χ4v) is 2.19. The smallest absolute Gasteiger partial charge is 0.335 e. The Morgan fingerprint density at radius 3 is 2.35 bits per heavy atom. The first kappa shape index (κ1) is 15.8. The molecule has 1 aromatic carbocycles. The number of likely N-dealkylation sites (N-methyl/N-ethyl adjacent to an activating group) is 1. The number of aromatic carboxylic acids is 1. The maximum atomic E-state index is 11.4. The zero-order valence-corrected chi connectivity index (χ0v) is 11.7. The second kappa shape index (κ2) is 6.79. The van der Waals surface area contributed by atoms with Crippen LogP contribution in [-0.2, 0) is 4.79 Å². The lowest BCUT2D eigenvalue weighted by Gasteiger charge is -2.30. The quantitative estimate of drug-likeness (QED) is 0.660. The average Bonchev–Trinajstić information content (AvgIpc) is 2.39. The Morgan fingerprint density at radius 1 is 1.30 bits per heavy atom. The molecule has 0 aromatic heterocycles. The van der Waals surface area contributed by atoms with Gasteiger partial charge in [-0.15, -0.1) is 0 Å². The number of benzene rings is 1. The first-order valence-electron chi connectivity index (χ1n) is 6.54. The second-order valence-corrected chi connectivity index (χ2v) is 4.51. The molecule has 0 radical (unpaired) electrons. The van der Waals surface area contributed by atoms with Gasteiger partial charge in [0.05, 0.1) is 16.9 Å². The van der Waals surface area contributed by atoms with E-state index in [2.05, 4.69) is 0 Å². The van der Waals surface area contributed by atoms with Crippen molar-refractivity contribution in [2.75, 3.05) is 17.2 Å². The van der Waals surface area contributed by atoms with Crippen LogP contribution < -0.4 is 10.6 Å². The highest BCUT2D eigenvalue weighted by atomic mass is 16.4. The molecule has 1 aromatic rings. The minimum atomic E-state index is -1.06. The number of nitrogens with zero attached hydrogens (tertiary/aromatic N) is 1. The molecule has 0 aliphatic carbocycles. The van der Waals surface area contributed by atoms with Gasteiger partial charge in [0.15, 0.2) is 0 Å². The van der Waals surface area contributed by atoms with Crippen molar-refractivity contribution in [1.82, 2.24) is 0 Å². The number of aliphatic carboxylic acids is 1. The maximum Gasteiger partial charge on any atom is 0.335 e. The van der Waals surface area contributed by atoms with Crippen molar-refractivity contribution in [3.8, 4) is 0 Å². The minimum absolute atomic E-state index is 0.0877. The summed E-state index contributed by atoms with van der Waals surface area (Å²) in [5.74, 6) is -1.97. The zero-order valence-electron chi connectivity index (χ0n) is 11.7. The molecule has 1 unspecified atom stereocenters.